The van der Waals surface area contributed by atoms with E-state index in [1.165, 1.54) is 18.2 Å². The number of hydrogen-bond donors (Lipinski definition) is 1. The molecule has 0 saturated carbocycles. The average molecular weight is 275 g/mol. The lowest BCUT2D eigenvalue weighted by molar-refractivity contribution is 0.0735. The zero-order valence-electron chi connectivity index (χ0n) is 9.97. The van der Waals surface area contributed by atoms with Crippen molar-refractivity contribution in [1.29, 1.82) is 0 Å². The van der Waals surface area contributed by atoms with Gasteiger partial charge in [-0.3, -0.25) is 0 Å². The van der Waals surface area contributed by atoms with Gasteiger partial charge in [0.25, 0.3) is 0 Å². The Kier molecular flexibility index (Phi) is 3.88. The molecule has 96 valence electrons. The van der Waals surface area contributed by atoms with Gasteiger partial charge in [0, 0.05) is 0 Å². The fraction of sp³-hybridized carbons (Fsp3) is 0. The van der Waals surface area contributed by atoms with E-state index in [9.17, 15) is 9.90 Å². The first-order valence-electron chi connectivity index (χ1n) is 5.53. The Labute approximate surface area is 115 Å². The van der Waals surface area contributed by atoms with Crippen molar-refractivity contribution in [2.45, 2.75) is 0 Å². The summed E-state index contributed by atoms with van der Waals surface area (Å²) in [6.45, 7) is 3.64. The van der Waals surface area contributed by atoms with Gasteiger partial charge in [-0.25, -0.2) is 4.79 Å². The van der Waals surface area contributed by atoms with E-state index >= 15 is 0 Å². The minimum Gasteiger partial charge on any atom is -0.506 e. The van der Waals surface area contributed by atoms with E-state index in [1.54, 1.807) is 30.3 Å². The lowest BCUT2D eigenvalue weighted by atomic mass is 10.2. The molecule has 2 aromatic rings. The number of rotatable bonds is 3. The van der Waals surface area contributed by atoms with Gasteiger partial charge in [0.1, 0.15) is 11.5 Å². The minimum atomic E-state index is -0.534. The van der Waals surface area contributed by atoms with Crippen molar-refractivity contribution in [1.82, 2.24) is 0 Å². The fourth-order valence-corrected chi connectivity index (χ4v) is 1.65. The number of phenols is 1. The Balaban J connectivity index is 2.15. The number of halogens is 1. The number of carbonyl (C=O) groups excluding carboxylic acids is 1. The summed E-state index contributed by atoms with van der Waals surface area (Å²) in [6.07, 6.45) is 1.70. The molecule has 2 rings (SSSR count). The van der Waals surface area contributed by atoms with E-state index < -0.39 is 5.97 Å². The van der Waals surface area contributed by atoms with E-state index in [1.807, 2.05) is 0 Å². The molecule has 0 unspecified atom stereocenters. The maximum Gasteiger partial charge on any atom is 0.343 e. The average Bonchev–Trinajstić information content (AvgIpc) is 2.42. The molecular formula is C15H11ClO3. The molecule has 0 aliphatic carbocycles. The molecule has 0 aliphatic heterocycles. The normalized spacial score (nSPS) is 9.95. The number of carbonyl (C=O) groups is 1. The van der Waals surface area contributed by atoms with Gasteiger partial charge < -0.3 is 9.84 Å². The molecule has 0 bridgehead atoms. The van der Waals surface area contributed by atoms with Gasteiger partial charge in [0.2, 0.25) is 0 Å². The van der Waals surface area contributed by atoms with Gasteiger partial charge in [0.15, 0.2) is 0 Å². The molecule has 0 atom stereocenters. The Morgan fingerprint density at radius 2 is 1.89 bits per heavy atom. The Morgan fingerprint density at radius 1 is 1.21 bits per heavy atom. The number of benzene rings is 2. The zero-order chi connectivity index (χ0) is 13.8. The predicted molar refractivity (Wildman–Crippen MR) is 74.6 cm³/mol. The number of aromatic hydroxyl groups is 1. The third-order valence-corrected chi connectivity index (χ3v) is 2.81. The molecule has 0 spiro atoms. The topological polar surface area (TPSA) is 46.5 Å². The van der Waals surface area contributed by atoms with Crippen molar-refractivity contribution in [3.8, 4) is 11.5 Å². The molecule has 0 aliphatic rings. The SMILES string of the molecule is C=Cc1ccc(OC(=O)c2ccc(O)c(Cl)c2)cc1. The second kappa shape index (κ2) is 5.59. The van der Waals surface area contributed by atoms with Crippen LogP contribution in [0.5, 0.6) is 11.5 Å². The Morgan fingerprint density at radius 3 is 2.47 bits per heavy atom. The summed E-state index contributed by atoms with van der Waals surface area (Å²) in [5.41, 5.74) is 1.21. The van der Waals surface area contributed by atoms with E-state index in [0.29, 0.717) is 5.75 Å². The number of esters is 1. The second-order valence-corrected chi connectivity index (χ2v) is 4.24. The van der Waals surface area contributed by atoms with Crippen LogP contribution < -0.4 is 4.74 Å². The first-order chi connectivity index (χ1) is 9.10. The number of hydrogen-bond acceptors (Lipinski definition) is 3. The van der Waals surface area contributed by atoms with Crippen LogP contribution in [-0.2, 0) is 0 Å². The van der Waals surface area contributed by atoms with E-state index in [0.717, 1.165) is 5.56 Å². The third-order valence-electron chi connectivity index (χ3n) is 2.51. The molecule has 0 aromatic heterocycles. The maximum absolute atomic E-state index is 11.8. The van der Waals surface area contributed by atoms with Crippen molar-refractivity contribution in [2.75, 3.05) is 0 Å². The lowest BCUT2D eigenvalue weighted by Crippen LogP contribution is -2.08. The predicted octanol–water partition coefficient (Wildman–Crippen LogP) is 3.91. The quantitative estimate of drug-likeness (QED) is 0.682. The van der Waals surface area contributed by atoms with Crippen LogP contribution in [0, 0.1) is 0 Å². The van der Waals surface area contributed by atoms with Gasteiger partial charge >= 0.3 is 5.97 Å². The standard InChI is InChI=1S/C15H11ClO3/c1-2-10-3-6-12(7-4-10)19-15(18)11-5-8-14(17)13(16)9-11/h2-9,17H,1H2. The molecule has 19 heavy (non-hydrogen) atoms. The van der Waals surface area contributed by atoms with Crippen molar-refractivity contribution in [2.24, 2.45) is 0 Å². The van der Waals surface area contributed by atoms with Crippen LogP contribution in [0.15, 0.2) is 49.0 Å². The van der Waals surface area contributed by atoms with E-state index in [2.05, 4.69) is 6.58 Å². The largest absolute Gasteiger partial charge is 0.506 e. The van der Waals surface area contributed by atoms with Gasteiger partial charge in [0.05, 0.1) is 10.6 Å². The molecule has 3 nitrogen and oxygen atoms in total. The van der Waals surface area contributed by atoms with Crippen molar-refractivity contribution in [3.63, 3.8) is 0 Å². The molecular weight excluding hydrogens is 264 g/mol. The number of ether oxygens (including phenoxy) is 1. The van der Waals surface area contributed by atoms with Gasteiger partial charge in [-0.2, -0.15) is 0 Å². The summed E-state index contributed by atoms with van der Waals surface area (Å²) in [7, 11) is 0. The number of phenolic OH excluding ortho intramolecular Hbond substituents is 1. The molecule has 0 fully saturated rings. The van der Waals surface area contributed by atoms with E-state index in [4.69, 9.17) is 16.3 Å². The molecule has 0 radical (unpaired) electrons. The maximum atomic E-state index is 11.8. The fourth-order valence-electron chi connectivity index (χ4n) is 1.47. The summed E-state index contributed by atoms with van der Waals surface area (Å²) in [5, 5.41) is 9.39. The van der Waals surface area contributed by atoms with Crippen molar-refractivity contribution >= 4 is 23.6 Å². The van der Waals surface area contributed by atoms with Crippen molar-refractivity contribution < 1.29 is 14.6 Å². The molecule has 1 N–H and O–H groups in total. The highest BCUT2D eigenvalue weighted by Crippen LogP contribution is 2.24. The molecule has 0 saturated heterocycles. The molecule has 2 aromatic carbocycles. The third kappa shape index (κ3) is 3.14. The van der Waals surface area contributed by atoms with Crippen LogP contribution in [0.4, 0.5) is 0 Å². The zero-order valence-corrected chi connectivity index (χ0v) is 10.7. The van der Waals surface area contributed by atoms with Crippen LogP contribution in [-0.4, -0.2) is 11.1 Å². The van der Waals surface area contributed by atoms with Crippen LogP contribution in [0.2, 0.25) is 5.02 Å². The first kappa shape index (κ1) is 13.2. The highest BCUT2D eigenvalue weighted by atomic mass is 35.5. The highest BCUT2D eigenvalue weighted by molar-refractivity contribution is 6.32. The second-order valence-electron chi connectivity index (χ2n) is 3.83. The Hall–Kier alpha value is -2.26. The van der Waals surface area contributed by atoms with Gasteiger partial charge in [-0.15, -0.1) is 0 Å². The van der Waals surface area contributed by atoms with Crippen LogP contribution in [0.1, 0.15) is 15.9 Å². The minimum absolute atomic E-state index is 0.0754. The first-order valence-corrected chi connectivity index (χ1v) is 5.91. The Bertz CT molecular complexity index is 618. The highest BCUT2D eigenvalue weighted by Gasteiger charge is 2.10. The molecule has 4 heteroatoms. The lowest BCUT2D eigenvalue weighted by Gasteiger charge is -2.05. The van der Waals surface area contributed by atoms with Gasteiger partial charge in [-0.1, -0.05) is 36.4 Å². The van der Waals surface area contributed by atoms with Gasteiger partial charge in [-0.05, 0) is 35.9 Å². The summed E-state index contributed by atoms with van der Waals surface area (Å²) < 4.78 is 5.18. The van der Waals surface area contributed by atoms with Crippen LogP contribution >= 0.6 is 11.6 Å². The molecule has 0 heterocycles. The summed E-state index contributed by atoms with van der Waals surface area (Å²) in [6, 6.07) is 11.1. The van der Waals surface area contributed by atoms with Crippen LogP contribution in [0.25, 0.3) is 6.08 Å². The summed E-state index contributed by atoms with van der Waals surface area (Å²) >= 11 is 5.73. The smallest absolute Gasteiger partial charge is 0.343 e. The van der Waals surface area contributed by atoms with Crippen LogP contribution in [0.3, 0.4) is 0 Å². The van der Waals surface area contributed by atoms with Crippen molar-refractivity contribution in [3.05, 3.63) is 65.2 Å². The molecule has 0 amide bonds. The summed E-state index contributed by atoms with van der Waals surface area (Å²) in [4.78, 5) is 11.8. The monoisotopic (exact) mass is 274 g/mol. The van der Waals surface area contributed by atoms with E-state index in [-0.39, 0.29) is 16.3 Å². The summed E-state index contributed by atoms with van der Waals surface area (Å²) in [5.74, 6) is -0.179.